The summed E-state index contributed by atoms with van der Waals surface area (Å²) in [6.07, 6.45) is 2.96. The Hall–Kier alpha value is -1.58. The number of halogens is 1. The van der Waals surface area contributed by atoms with Gasteiger partial charge in [0, 0.05) is 19.6 Å². The van der Waals surface area contributed by atoms with Crippen molar-refractivity contribution in [1.82, 2.24) is 4.90 Å². The van der Waals surface area contributed by atoms with Crippen molar-refractivity contribution in [3.05, 3.63) is 29.6 Å². The number of amides is 2. The second-order valence-corrected chi connectivity index (χ2v) is 5.63. The van der Waals surface area contributed by atoms with E-state index in [2.05, 4.69) is 6.92 Å². The molecule has 0 atom stereocenters. The maximum atomic E-state index is 13.3. The molecule has 0 N–H and O–H groups in total. The van der Waals surface area contributed by atoms with E-state index in [1.807, 2.05) is 4.90 Å². The number of fused-ring (bicyclic) bond motifs is 1. The monoisotopic (exact) mass is 262 g/mol. The van der Waals surface area contributed by atoms with Crippen molar-refractivity contribution in [3.8, 4) is 0 Å². The van der Waals surface area contributed by atoms with Gasteiger partial charge in [-0.1, -0.05) is 13.0 Å². The summed E-state index contributed by atoms with van der Waals surface area (Å²) in [5.74, 6) is 0.429. The summed E-state index contributed by atoms with van der Waals surface area (Å²) in [7, 11) is 0. The summed E-state index contributed by atoms with van der Waals surface area (Å²) < 4.78 is 13.3. The van der Waals surface area contributed by atoms with E-state index in [0.717, 1.165) is 43.6 Å². The fourth-order valence-electron chi connectivity index (χ4n) is 2.92. The molecule has 2 aliphatic rings. The Bertz CT molecular complexity index is 495. The lowest BCUT2D eigenvalue weighted by molar-refractivity contribution is 0.180. The highest BCUT2D eigenvalue weighted by Crippen LogP contribution is 2.30. The summed E-state index contributed by atoms with van der Waals surface area (Å²) in [5.41, 5.74) is 1.82. The highest BCUT2D eigenvalue weighted by Gasteiger charge is 2.30. The second-order valence-electron chi connectivity index (χ2n) is 5.63. The normalized spacial score (nSPS) is 19.7. The number of benzene rings is 1. The van der Waals surface area contributed by atoms with Crippen LogP contribution in [-0.4, -0.2) is 30.6 Å². The third kappa shape index (κ3) is 2.31. The van der Waals surface area contributed by atoms with Crippen molar-refractivity contribution in [2.45, 2.75) is 26.2 Å². The van der Waals surface area contributed by atoms with E-state index in [4.69, 9.17) is 0 Å². The molecule has 4 heteroatoms. The van der Waals surface area contributed by atoms with E-state index < -0.39 is 0 Å². The standard InChI is InChI=1S/C15H19FN2O/c1-11-4-7-17(8-5-11)15(19)18-9-6-12-2-3-13(16)10-14(12)18/h2-3,10-11H,4-9H2,1H3. The van der Waals surface area contributed by atoms with Gasteiger partial charge in [0.2, 0.25) is 0 Å². The predicted octanol–water partition coefficient (Wildman–Crippen LogP) is 3.04. The maximum absolute atomic E-state index is 13.3. The van der Waals surface area contributed by atoms with Crippen LogP contribution in [0, 0.1) is 11.7 Å². The maximum Gasteiger partial charge on any atom is 0.324 e. The fourth-order valence-corrected chi connectivity index (χ4v) is 2.92. The summed E-state index contributed by atoms with van der Waals surface area (Å²) in [5, 5.41) is 0. The van der Waals surface area contributed by atoms with Crippen LogP contribution in [0.3, 0.4) is 0 Å². The molecule has 1 aromatic rings. The topological polar surface area (TPSA) is 23.6 Å². The van der Waals surface area contributed by atoms with Crippen LogP contribution in [0.1, 0.15) is 25.3 Å². The molecule has 1 saturated heterocycles. The van der Waals surface area contributed by atoms with Gasteiger partial charge in [0.25, 0.3) is 0 Å². The molecule has 0 radical (unpaired) electrons. The van der Waals surface area contributed by atoms with E-state index in [0.29, 0.717) is 12.5 Å². The van der Waals surface area contributed by atoms with Crippen molar-refractivity contribution in [2.75, 3.05) is 24.5 Å². The molecule has 0 spiro atoms. The largest absolute Gasteiger partial charge is 0.324 e. The van der Waals surface area contributed by atoms with E-state index >= 15 is 0 Å². The zero-order chi connectivity index (χ0) is 13.4. The number of carbonyl (C=O) groups excluding carboxylic acids is 1. The lowest BCUT2D eigenvalue weighted by Crippen LogP contribution is -2.46. The number of piperidine rings is 1. The van der Waals surface area contributed by atoms with Crippen molar-refractivity contribution in [3.63, 3.8) is 0 Å². The van der Waals surface area contributed by atoms with Gasteiger partial charge in [-0.2, -0.15) is 0 Å². The molecule has 0 bridgehead atoms. The summed E-state index contributed by atoms with van der Waals surface area (Å²) in [6, 6.07) is 4.77. The van der Waals surface area contributed by atoms with E-state index in [1.54, 1.807) is 11.0 Å². The zero-order valence-corrected chi connectivity index (χ0v) is 11.2. The Balaban J connectivity index is 1.78. The van der Waals surface area contributed by atoms with Crippen LogP contribution in [0.25, 0.3) is 0 Å². The van der Waals surface area contributed by atoms with E-state index in [9.17, 15) is 9.18 Å². The average Bonchev–Trinajstić information content (AvgIpc) is 2.81. The van der Waals surface area contributed by atoms with Crippen molar-refractivity contribution >= 4 is 11.7 Å². The first-order valence-electron chi connectivity index (χ1n) is 7.00. The van der Waals surface area contributed by atoms with Crippen LogP contribution in [0.15, 0.2) is 18.2 Å². The molecule has 19 heavy (non-hydrogen) atoms. The third-order valence-electron chi connectivity index (χ3n) is 4.23. The summed E-state index contributed by atoms with van der Waals surface area (Å²) >= 11 is 0. The van der Waals surface area contributed by atoms with Gasteiger partial charge in [-0.05, 0) is 42.9 Å². The first-order valence-corrected chi connectivity index (χ1v) is 7.00. The molecule has 2 amide bonds. The number of likely N-dealkylation sites (tertiary alicyclic amines) is 1. The lowest BCUT2D eigenvalue weighted by atomic mass is 9.99. The lowest BCUT2D eigenvalue weighted by Gasteiger charge is -2.33. The van der Waals surface area contributed by atoms with Gasteiger partial charge >= 0.3 is 6.03 Å². The predicted molar refractivity (Wildman–Crippen MR) is 72.8 cm³/mol. The van der Waals surface area contributed by atoms with Crippen LogP contribution in [0.4, 0.5) is 14.9 Å². The first-order chi connectivity index (χ1) is 9.15. The van der Waals surface area contributed by atoms with Gasteiger partial charge in [-0.3, -0.25) is 4.90 Å². The number of urea groups is 1. The van der Waals surface area contributed by atoms with Gasteiger partial charge in [-0.15, -0.1) is 0 Å². The molecular weight excluding hydrogens is 243 g/mol. The average molecular weight is 262 g/mol. The van der Waals surface area contributed by atoms with Crippen molar-refractivity contribution in [1.29, 1.82) is 0 Å². The van der Waals surface area contributed by atoms with E-state index in [1.165, 1.54) is 12.1 Å². The fraction of sp³-hybridized carbons (Fsp3) is 0.533. The first kappa shape index (κ1) is 12.5. The van der Waals surface area contributed by atoms with Gasteiger partial charge < -0.3 is 4.90 Å². The van der Waals surface area contributed by atoms with Gasteiger partial charge in [0.1, 0.15) is 5.82 Å². The van der Waals surface area contributed by atoms with Crippen LogP contribution >= 0.6 is 0 Å². The molecule has 102 valence electrons. The van der Waals surface area contributed by atoms with Crippen molar-refractivity contribution in [2.24, 2.45) is 5.92 Å². The number of carbonyl (C=O) groups is 1. The zero-order valence-electron chi connectivity index (χ0n) is 11.2. The second kappa shape index (κ2) is 4.83. The molecular formula is C15H19FN2O. The highest BCUT2D eigenvalue weighted by molar-refractivity contribution is 5.94. The molecule has 2 aliphatic heterocycles. The van der Waals surface area contributed by atoms with Gasteiger partial charge in [-0.25, -0.2) is 9.18 Å². The third-order valence-corrected chi connectivity index (χ3v) is 4.23. The summed E-state index contributed by atoms with van der Waals surface area (Å²) in [4.78, 5) is 16.1. The number of anilines is 1. The summed E-state index contributed by atoms with van der Waals surface area (Å²) in [6.45, 7) is 4.54. The Morgan fingerprint density at radius 1 is 1.26 bits per heavy atom. The van der Waals surface area contributed by atoms with Gasteiger partial charge in [0.05, 0.1) is 5.69 Å². The van der Waals surface area contributed by atoms with Crippen molar-refractivity contribution < 1.29 is 9.18 Å². The minimum atomic E-state index is -0.272. The molecule has 0 aliphatic carbocycles. The smallest absolute Gasteiger partial charge is 0.324 e. The van der Waals surface area contributed by atoms with Gasteiger partial charge in [0.15, 0.2) is 0 Å². The molecule has 0 aromatic heterocycles. The number of hydrogen-bond donors (Lipinski definition) is 0. The number of nitrogens with zero attached hydrogens (tertiary/aromatic N) is 2. The minimum absolute atomic E-state index is 0.0382. The SMILES string of the molecule is CC1CCN(C(=O)N2CCc3ccc(F)cc32)CC1. The molecule has 0 saturated carbocycles. The van der Waals surface area contributed by atoms with Crippen LogP contribution in [0.5, 0.6) is 0 Å². The molecule has 1 aromatic carbocycles. The highest BCUT2D eigenvalue weighted by atomic mass is 19.1. The van der Waals surface area contributed by atoms with E-state index in [-0.39, 0.29) is 11.8 Å². The number of rotatable bonds is 0. The molecule has 0 unspecified atom stereocenters. The minimum Gasteiger partial charge on any atom is -0.324 e. The molecule has 2 heterocycles. The Morgan fingerprint density at radius 3 is 2.74 bits per heavy atom. The Kier molecular flexibility index (Phi) is 3.17. The van der Waals surface area contributed by atoms with Crippen LogP contribution in [-0.2, 0) is 6.42 Å². The molecule has 1 fully saturated rings. The Labute approximate surface area is 113 Å². The quantitative estimate of drug-likeness (QED) is 0.705. The van der Waals surface area contributed by atoms with Crippen LogP contribution < -0.4 is 4.90 Å². The van der Waals surface area contributed by atoms with Crippen LogP contribution in [0.2, 0.25) is 0 Å². The Morgan fingerprint density at radius 2 is 2.00 bits per heavy atom. The molecule has 3 rings (SSSR count). The molecule has 3 nitrogen and oxygen atoms in total. The number of hydrogen-bond acceptors (Lipinski definition) is 1.